The third kappa shape index (κ3) is 3.24. The molecule has 1 aromatic heterocycles. The molecule has 0 saturated carbocycles. The lowest BCUT2D eigenvalue weighted by Gasteiger charge is -2.31. The van der Waals surface area contributed by atoms with Gasteiger partial charge in [-0.25, -0.2) is 9.18 Å². The molecular weight excluding hydrogens is 329 g/mol. The molecule has 8 heteroatoms. The van der Waals surface area contributed by atoms with Crippen LogP contribution >= 0.6 is 11.8 Å². The van der Waals surface area contributed by atoms with Crippen molar-refractivity contribution in [2.24, 2.45) is 7.05 Å². The number of hydrogen-bond donors (Lipinski definition) is 1. The van der Waals surface area contributed by atoms with Crippen molar-refractivity contribution in [1.29, 1.82) is 0 Å². The van der Waals surface area contributed by atoms with Gasteiger partial charge in [-0.15, -0.1) is 10.2 Å². The minimum absolute atomic E-state index is 0.129. The van der Waals surface area contributed by atoms with E-state index < -0.39 is 0 Å². The molecule has 0 spiro atoms. The highest BCUT2D eigenvalue weighted by Gasteiger charge is 2.23. The monoisotopic (exact) mass is 349 g/mol. The number of nitrogens with zero attached hydrogens (tertiary/aromatic N) is 4. The summed E-state index contributed by atoms with van der Waals surface area (Å²) in [4.78, 5) is 13.8. The molecule has 0 unspecified atom stereocenters. The number of thioether (sulfide) groups is 1. The fourth-order valence-electron chi connectivity index (χ4n) is 2.64. The molecule has 1 saturated heterocycles. The zero-order chi connectivity index (χ0) is 17.3. The summed E-state index contributed by atoms with van der Waals surface area (Å²) in [5.41, 5.74) is 1.96. The molecule has 1 fully saturated rings. The lowest BCUT2D eigenvalue weighted by atomic mass is 10.0. The van der Waals surface area contributed by atoms with E-state index in [1.165, 1.54) is 17.8 Å². The van der Waals surface area contributed by atoms with Crippen LogP contribution in [0.4, 0.5) is 14.9 Å². The smallest absolute Gasteiger partial charge is 0.321 e. The Morgan fingerprint density at radius 1 is 1.42 bits per heavy atom. The zero-order valence-corrected chi connectivity index (χ0v) is 14.7. The van der Waals surface area contributed by atoms with Crippen molar-refractivity contribution in [3.8, 4) is 0 Å². The Kier molecular flexibility index (Phi) is 4.75. The van der Waals surface area contributed by atoms with Gasteiger partial charge in [0.05, 0.1) is 0 Å². The van der Waals surface area contributed by atoms with Crippen molar-refractivity contribution < 1.29 is 9.18 Å². The van der Waals surface area contributed by atoms with Gasteiger partial charge < -0.3 is 14.8 Å². The van der Waals surface area contributed by atoms with E-state index in [2.05, 4.69) is 15.5 Å². The van der Waals surface area contributed by atoms with Gasteiger partial charge in [0.15, 0.2) is 5.16 Å². The van der Waals surface area contributed by atoms with Crippen LogP contribution in [0.3, 0.4) is 0 Å². The number of aryl methyl sites for hydroxylation is 1. The number of urea groups is 1. The van der Waals surface area contributed by atoms with Crippen molar-refractivity contribution in [3.05, 3.63) is 35.4 Å². The molecule has 1 aliphatic heterocycles. The highest BCUT2D eigenvalue weighted by Crippen LogP contribution is 2.38. The number of aromatic nitrogens is 3. The predicted octanol–water partition coefficient (Wildman–Crippen LogP) is 3.35. The fraction of sp³-hybridized carbons (Fsp3) is 0.438. The molecule has 1 aliphatic rings. The summed E-state index contributed by atoms with van der Waals surface area (Å²) in [6.45, 7) is 5.30. The minimum atomic E-state index is -0.281. The van der Waals surface area contributed by atoms with Crippen LogP contribution in [0.1, 0.15) is 29.7 Å². The summed E-state index contributed by atoms with van der Waals surface area (Å²) < 4.78 is 16.2. The second-order valence-corrected chi connectivity index (χ2v) is 7.20. The molecule has 6 nitrogen and oxygen atoms in total. The predicted molar refractivity (Wildman–Crippen MR) is 91.6 cm³/mol. The molecule has 1 aromatic carbocycles. The van der Waals surface area contributed by atoms with Gasteiger partial charge >= 0.3 is 6.03 Å². The molecule has 1 N–H and O–H groups in total. The summed E-state index contributed by atoms with van der Waals surface area (Å²) in [7, 11) is 1.85. The van der Waals surface area contributed by atoms with E-state index in [0.717, 1.165) is 30.2 Å². The summed E-state index contributed by atoms with van der Waals surface area (Å²) in [6, 6.07) is 2.89. The summed E-state index contributed by atoms with van der Waals surface area (Å²) >= 11 is 1.43. The molecule has 0 bridgehead atoms. The Morgan fingerprint density at radius 2 is 2.17 bits per heavy atom. The maximum Gasteiger partial charge on any atom is 0.321 e. The number of anilines is 1. The Morgan fingerprint density at radius 3 is 2.75 bits per heavy atom. The Hall–Kier alpha value is -2.09. The van der Waals surface area contributed by atoms with E-state index in [0.29, 0.717) is 11.3 Å². The van der Waals surface area contributed by atoms with E-state index in [9.17, 15) is 9.18 Å². The maximum atomic E-state index is 14.4. The normalized spacial score (nSPS) is 15.1. The third-order valence-electron chi connectivity index (χ3n) is 4.21. The van der Waals surface area contributed by atoms with Gasteiger partial charge in [0.1, 0.15) is 12.1 Å². The standard InChI is InChI=1S/C16H20FN5OS/c1-10-13(19-15(23)22-7-4-8-22)6-5-12(17)14(10)11(2)24-16-20-18-9-21(16)3/h5-6,9,11H,4,7-8H2,1-3H3,(H,19,23)/t11-/m0/s1. The van der Waals surface area contributed by atoms with Crippen molar-refractivity contribution >= 4 is 23.5 Å². The number of nitrogens with one attached hydrogen (secondary N) is 1. The quantitative estimate of drug-likeness (QED) is 0.860. The first kappa shape index (κ1) is 16.8. The SMILES string of the molecule is Cc1c(NC(=O)N2CCC2)ccc(F)c1[C@H](C)Sc1nncn1C. The average Bonchev–Trinajstić information content (AvgIpc) is 2.85. The second-order valence-electron chi connectivity index (χ2n) is 5.89. The van der Waals surface area contributed by atoms with E-state index >= 15 is 0 Å². The first-order chi connectivity index (χ1) is 11.5. The van der Waals surface area contributed by atoms with Gasteiger partial charge in [-0.1, -0.05) is 11.8 Å². The summed E-state index contributed by atoms with van der Waals surface area (Å²) in [6.07, 6.45) is 2.65. The lowest BCUT2D eigenvalue weighted by molar-refractivity contribution is 0.181. The van der Waals surface area contributed by atoms with Crippen LogP contribution in [0.5, 0.6) is 0 Å². The Bertz CT molecular complexity index is 759. The number of amides is 2. The van der Waals surface area contributed by atoms with Gasteiger partial charge in [-0.2, -0.15) is 0 Å². The van der Waals surface area contributed by atoms with Gasteiger partial charge in [0.25, 0.3) is 0 Å². The highest BCUT2D eigenvalue weighted by molar-refractivity contribution is 7.99. The first-order valence-electron chi connectivity index (χ1n) is 7.83. The lowest BCUT2D eigenvalue weighted by Crippen LogP contribution is -2.44. The van der Waals surface area contributed by atoms with Gasteiger partial charge in [-0.05, 0) is 38.0 Å². The molecule has 2 heterocycles. The maximum absolute atomic E-state index is 14.4. The minimum Gasteiger partial charge on any atom is -0.324 e. The third-order valence-corrected chi connectivity index (χ3v) is 5.37. The summed E-state index contributed by atoms with van der Waals surface area (Å²) in [5.74, 6) is -0.281. The van der Waals surface area contributed by atoms with Crippen LogP contribution in [-0.4, -0.2) is 38.8 Å². The molecule has 2 amide bonds. The van der Waals surface area contributed by atoms with Gasteiger partial charge in [-0.3, -0.25) is 0 Å². The Balaban J connectivity index is 1.82. The van der Waals surface area contributed by atoms with Crippen molar-refractivity contribution in [2.45, 2.75) is 30.7 Å². The largest absolute Gasteiger partial charge is 0.324 e. The van der Waals surface area contributed by atoms with Gasteiger partial charge in [0, 0.05) is 36.6 Å². The van der Waals surface area contributed by atoms with E-state index in [1.54, 1.807) is 21.9 Å². The second kappa shape index (κ2) is 6.80. The number of halogens is 1. The zero-order valence-electron chi connectivity index (χ0n) is 13.9. The molecule has 3 rings (SSSR count). The topological polar surface area (TPSA) is 63.1 Å². The number of benzene rings is 1. The van der Waals surface area contributed by atoms with Crippen LogP contribution < -0.4 is 5.32 Å². The number of carbonyl (C=O) groups excluding carboxylic acids is 1. The summed E-state index contributed by atoms with van der Waals surface area (Å²) in [5, 5.41) is 11.3. The van der Waals surface area contributed by atoms with E-state index in [-0.39, 0.29) is 17.1 Å². The fourth-order valence-corrected chi connectivity index (χ4v) is 3.67. The van der Waals surface area contributed by atoms with Crippen LogP contribution in [0.2, 0.25) is 0 Å². The molecule has 2 aromatic rings. The highest BCUT2D eigenvalue weighted by atomic mass is 32.2. The molecular formula is C16H20FN5OS. The van der Waals surface area contributed by atoms with Crippen molar-refractivity contribution in [2.75, 3.05) is 18.4 Å². The average molecular weight is 349 g/mol. The van der Waals surface area contributed by atoms with E-state index in [1.807, 2.05) is 20.9 Å². The molecule has 0 radical (unpaired) electrons. The van der Waals surface area contributed by atoms with Crippen LogP contribution in [0.15, 0.2) is 23.6 Å². The number of rotatable bonds is 4. The molecule has 1 atom stereocenters. The number of likely N-dealkylation sites (tertiary alicyclic amines) is 1. The van der Waals surface area contributed by atoms with E-state index in [4.69, 9.17) is 0 Å². The van der Waals surface area contributed by atoms with Crippen molar-refractivity contribution in [3.63, 3.8) is 0 Å². The van der Waals surface area contributed by atoms with Crippen LogP contribution in [0, 0.1) is 12.7 Å². The molecule has 24 heavy (non-hydrogen) atoms. The van der Waals surface area contributed by atoms with Gasteiger partial charge in [0.2, 0.25) is 0 Å². The number of carbonyl (C=O) groups is 1. The Labute approximate surface area is 144 Å². The van der Waals surface area contributed by atoms with Crippen LogP contribution in [-0.2, 0) is 7.05 Å². The molecule has 128 valence electrons. The van der Waals surface area contributed by atoms with Crippen LogP contribution in [0.25, 0.3) is 0 Å². The van der Waals surface area contributed by atoms with Crippen molar-refractivity contribution in [1.82, 2.24) is 19.7 Å². The molecule has 0 aliphatic carbocycles. The number of hydrogen-bond acceptors (Lipinski definition) is 4. The first-order valence-corrected chi connectivity index (χ1v) is 8.71.